The maximum atomic E-state index is 12.8. The number of benzene rings is 1. The lowest BCUT2D eigenvalue weighted by atomic mass is 10.1. The van der Waals surface area contributed by atoms with Crippen LogP contribution in [0.15, 0.2) is 24.3 Å². The Labute approximate surface area is 88.5 Å². The van der Waals surface area contributed by atoms with Gasteiger partial charge in [-0.15, -0.1) is 6.42 Å². The molecule has 3 heteroatoms. The van der Waals surface area contributed by atoms with Crippen molar-refractivity contribution in [1.29, 1.82) is 0 Å². The highest BCUT2D eigenvalue weighted by molar-refractivity contribution is 5.82. The molecule has 0 aliphatic heterocycles. The van der Waals surface area contributed by atoms with Crippen LogP contribution in [0.5, 0.6) is 0 Å². The predicted octanol–water partition coefficient (Wildman–Crippen LogP) is 1.16. The third-order valence-electron chi connectivity index (χ3n) is 1.84. The molecule has 1 N–H and O–H groups in total. The zero-order valence-corrected chi connectivity index (χ0v) is 8.29. The molecule has 0 atom stereocenters. The van der Waals surface area contributed by atoms with Gasteiger partial charge in [0.05, 0.1) is 13.1 Å². The van der Waals surface area contributed by atoms with Gasteiger partial charge in [-0.3, -0.25) is 10.1 Å². The maximum Gasteiger partial charge on any atom is 0.150 e. The third kappa shape index (κ3) is 4.39. The molecule has 0 amide bonds. The first-order chi connectivity index (χ1) is 7.22. The molecule has 0 fully saturated rings. The largest absolute Gasteiger partial charge is 0.299 e. The molecule has 0 heterocycles. The summed E-state index contributed by atoms with van der Waals surface area (Å²) in [6.45, 7) is 0.593. The molecular formula is C12H12FNO. The number of hydrogen-bond acceptors (Lipinski definition) is 2. The van der Waals surface area contributed by atoms with E-state index in [1.807, 2.05) is 0 Å². The molecule has 78 valence electrons. The second-order valence-electron chi connectivity index (χ2n) is 3.15. The number of terminal acetylenes is 1. The van der Waals surface area contributed by atoms with E-state index in [2.05, 4.69) is 11.2 Å². The molecule has 0 saturated heterocycles. The van der Waals surface area contributed by atoms with Crippen molar-refractivity contribution in [3.8, 4) is 12.3 Å². The Balaban J connectivity index is 2.42. The van der Waals surface area contributed by atoms with E-state index in [1.54, 1.807) is 12.1 Å². The van der Waals surface area contributed by atoms with E-state index in [9.17, 15) is 9.18 Å². The van der Waals surface area contributed by atoms with Gasteiger partial charge in [0, 0.05) is 6.42 Å². The topological polar surface area (TPSA) is 29.1 Å². The van der Waals surface area contributed by atoms with E-state index in [0.29, 0.717) is 12.1 Å². The Kier molecular flexibility index (Phi) is 4.52. The number of hydrogen-bond donors (Lipinski definition) is 1. The smallest absolute Gasteiger partial charge is 0.150 e. The normalized spacial score (nSPS) is 9.60. The van der Waals surface area contributed by atoms with Gasteiger partial charge < -0.3 is 0 Å². The van der Waals surface area contributed by atoms with Crippen LogP contribution in [0.3, 0.4) is 0 Å². The SMILES string of the molecule is C#CCNCC(=O)Cc1cccc(F)c1. The van der Waals surface area contributed by atoms with Crippen molar-refractivity contribution >= 4 is 5.78 Å². The summed E-state index contributed by atoms with van der Waals surface area (Å²) >= 11 is 0. The maximum absolute atomic E-state index is 12.8. The number of carbonyl (C=O) groups is 1. The van der Waals surface area contributed by atoms with Gasteiger partial charge in [-0.25, -0.2) is 4.39 Å². The molecule has 0 spiro atoms. The predicted molar refractivity (Wildman–Crippen MR) is 56.8 cm³/mol. The molecule has 0 aliphatic carbocycles. The van der Waals surface area contributed by atoms with Crippen molar-refractivity contribution in [2.24, 2.45) is 0 Å². The lowest BCUT2D eigenvalue weighted by Crippen LogP contribution is -2.24. The summed E-state index contributed by atoms with van der Waals surface area (Å²) < 4.78 is 12.8. The average molecular weight is 205 g/mol. The average Bonchev–Trinajstić information content (AvgIpc) is 2.18. The Morgan fingerprint density at radius 2 is 2.33 bits per heavy atom. The quantitative estimate of drug-likeness (QED) is 0.577. The van der Waals surface area contributed by atoms with Gasteiger partial charge in [0.25, 0.3) is 0 Å². The van der Waals surface area contributed by atoms with Crippen molar-refractivity contribution in [1.82, 2.24) is 5.32 Å². The standard InChI is InChI=1S/C12H12FNO/c1-2-6-14-9-12(15)8-10-4-3-5-11(13)7-10/h1,3-5,7,14H,6,8-9H2. The van der Waals surface area contributed by atoms with E-state index in [1.165, 1.54) is 12.1 Å². The van der Waals surface area contributed by atoms with E-state index < -0.39 is 0 Å². The number of ketones is 1. The minimum atomic E-state index is -0.322. The van der Waals surface area contributed by atoms with Crippen LogP contribution in [-0.4, -0.2) is 18.9 Å². The minimum absolute atomic E-state index is 0.00384. The Morgan fingerprint density at radius 3 is 3.00 bits per heavy atom. The lowest BCUT2D eigenvalue weighted by molar-refractivity contribution is -0.117. The Bertz CT molecular complexity index is 381. The molecule has 1 aromatic rings. The van der Waals surface area contributed by atoms with Crippen LogP contribution in [0.2, 0.25) is 0 Å². The molecule has 0 aliphatic rings. The molecule has 0 saturated carbocycles. The highest BCUT2D eigenvalue weighted by Gasteiger charge is 2.03. The molecule has 0 radical (unpaired) electrons. The molecule has 0 aromatic heterocycles. The first kappa shape index (κ1) is 11.4. The van der Waals surface area contributed by atoms with Crippen LogP contribution in [0.25, 0.3) is 0 Å². The summed E-state index contributed by atoms with van der Waals surface area (Å²) in [6, 6.07) is 6.03. The number of Topliss-reactive ketones (excluding diaryl/α,β-unsaturated/α-hetero) is 1. The molecular weight excluding hydrogens is 193 g/mol. The lowest BCUT2D eigenvalue weighted by Gasteiger charge is -2.01. The molecule has 0 bridgehead atoms. The number of carbonyl (C=O) groups excluding carboxylic acids is 1. The fourth-order valence-electron chi connectivity index (χ4n) is 1.21. The van der Waals surface area contributed by atoms with Crippen LogP contribution < -0.4 is 5.32 Å². The first-order valence-electron chi connectivity index (χ1n) is 4.62. The highest BCUT2D eigenvalue weighted by Crippen LogP contribution is 2.04. The van der Waals surface area contributed by atoms with Gasteiger partial charge in [0.2, 0.25) is 0 Å². The molecule has 0 unspecified atom stereocenters. The molecule has 2 nitrogen and oxygen atoms in total. The van der Waals surface area contributed by atoms with Gasteiger partial charge >= 0.3 is 0 Å². The van der Waals surface area contributed by atoms with Crippen LogP contribution in [-0.2, 0) is 11.2 Å². The Hall–Kier alpha value is -1.66. The van der Waals surface area contributed by atoms with Crippen LogP contribution >= 0.6 is 0 Å². The number of nitrogens with one attached hydrogen (secondary N) is 1. The summed E-state index contributed by atoms with van der Waals surface area (Å²) in [6.07, 6.45) is 5.25. The van der Waals surface area contributed by atoms with Gasteiger partial charge in [0.15, 0.2) is 5.78 Å². The fourth-order valence-corrected chi connectivity index (χ4v) is 1.21. The van der Waals surface area contributed by atoms with E-state index in [0.717, 1.165) is 0 Å². The molecule has 1 aromatic carbocycles. The zero-order valence-electron chi connectivity index (χ0n) is 8.29. The molecule has 15 heavy (non-hydrogen) atoms. The van der Waals surface area contributed by atoms with E-state index >= 15 is 0 Å². The van der Waals surface area contributed by atoms with E-state index in [-0.39, 0.29) is 24.6 Å². The van der Waals surface area contributed by atoms with Crippen molar-refractivity contribution in [3.05, 3.63) is 35.6 Å². The minimum Gasteiger partial charge on any atom is -0.299 e. The summed E-state index contributed by atoms with van der Waals surface area (Å²) in [5, 5.41) is 2.79. The van der Waals surface area contributed by atoms with Crippen molar-refractivity contribution in [3.63, 3.8) is 0 Å². The first-order valence-corrected chi connectivity index (χ1v) is 4.62. The number of rotatable bonds is 5. The highest BCUT2D eigenvalue weighted by atomic mass is 19.1. The van der Waals surface area contributed by atoms with Crippen LogP contribution in [0.4, 0.5) is 4.39 Å². The fraction of sp³-hybridized carbons (Fsp3) is 0.250. The summed E-state index contributed by atoms with van der Waals surface area (Å²) in [5.74, 6) is 2.05. The van der Waals surface area contributed by atoms with Gasteiger partial charge in [-0.1, -0.05) is 18.1 Å². The molecule has 1 rings (SSSR count). The van der Waals surface area contributed by atoms with Gasteiger partial charge in [-0.2, -0.15) is 0 Å². The zero-order chi connectivity index (χ0) is 11.1. The third-order valence-corrected chi connectivity index (χ3v) is 1.84. The summed E-state index contributed by atoms with van der Waals surface area (Å²) in [4.78, 5) is 11.3. The Morgan fingerprint density at radius 1 is 1.53 bits per heavy atom. The number of halogens is 1. The van der Waals surface area contributed by atoms with E-state index in [4.69, 9.17) is 6.42 Å². The second-order valence-corrected chi connectivity index (χ2v) is 3.15. The van der Waals surface area contributed by atoms with Crippen molar-refractivity contribution in [2.45, 2.75) is 6.42 Å². The van der Waals surface area contributed by atoms with Crippen LogP contribution in [0, 0.1) is 18.2 Å². The van der Waals surface area contributed by atoms with Crippen molar-refractivity contribution in [2.75, 3.05) is 13.1 Å². The second kappa shape index (κ2) is 5.94. The summed E-state index contributed by atoms with van der Waals surface area (Å²) in [7, 11) is 0. The summed E-state index contributed by atoms with van der Waals surface area (Å²) in [5.41, 5.74) is 0.683. The monoisotopic (exact) mass is 205 g/mol. The van der Waals surface area contributed by atoms with Crippen molar-refractivity contribution < 1.29 is 9.18 Å². The van der Waals surface area contributed by atoms with Gasteiger partial charge in [-0.05, 0) is 17.7 Å². The van der Waals surface area contributed by atoms with Crippen LogP contribution in [0.1, 0.15) is 5.56 Å². The van der Waals surface area contributed by atoms with Gasteiger partial charge in [0.1, 0.15) is 5.82 Å².